The molecule has 1 aliphatic heterocycles. The molecule has 5 unspecified atom stereocenters. The number of methoxy groups -OCH3 is 3. The Hall–Kier alpha value is -0.770. The molecule has 8 nitrogen and oxygen atoms in total. The summed E-state index contributed by atoms with van der Waals surface area (Å²) in [6, 6.07) is -0.498. The van der Waals surface area contributed by atoms with Gasteiger partial charge in [-0.2, -0.15) is 0 Å². The van der Waals surface area contributed by atoms with E-state index in [9.17, 15) is 4.79 Å². The van der Waals surface area contributed by atoms with Gasteiger partial charge >= 0.3 is 5.97 Å². The largest absolute Gasteiger partial charge is 0.481 e. The van der Waals surface area contributed by atoms with E-state index in [1.807, 2.05) is 0 Å². The molecule has 0 amide bonds. The molecule has 1 saturated heterocycles. The second-order valence-corrected chi connectivity index (χ2v) is 5.20. The Morgan fingerprint density at radius 3 is 2.41 bits per heavy atom. The maximum atomic E-state index is 10.5. The molecular formula is C14H27NO7. The van der Waals surface area contributed by atoms with Crippen molar-refractivity contribution in [3.8, 4) is 0 Å². The lowest BCUT2D eigenvalue weighted by Gasteiger charge is -2.43. The van der Waals surface area contributed by atoms with E-state index < -0.39 is 18.3 Å². The molecule has 5 atom stereocenters. The molecule has 0 aromatic heterocycles. The van der Waals surface area contributed by atoms with Crippen LogP contribution in [0.2, 0.25) is 0 Å². The van der Waals surface area contributed by atoms with Crippen molar-refractivity contribution in [3.63, 3.8) is 0 Å². The maximum absolute atomic E-state index is 10.5. The molecule has 1 heterocycles. The zero-order valence-corrected chi connectivity index (χ0v) is 13.4. The van der Waals surface area contributed by atoms with Crippen molar-refractivity contribution in [2.75, 3.05) is 34.5 Å². The van der Waals surface area contributed by atoms with Crippen LogP contribution in [0.25, 0.3) is 0 Å². The lowest BCUT2D eigenvalue weighted by molar-refractivity contribution is -0.274. The summed E-state index contributed by atoms with van der Waals surface area (Å²) in [6.45, 7) is 0.712. The van der Waals surface area contributed by atoms with E-state index in [4.69, 9.17) is 34.5 Å². The first-order valence-corrected chi connectivity index (χ1v) is 7.34. The highest BCUT2D eigenvalue weighted by atomic mass is 16.7. The molecule has 0 aromatic rings. The lowest BCUT2D eigenvalue weighted by atomic mass is 9.97. The van der Waals surface area contributed by atoms with Crippen LogP contribution in [-0.4, -0.2) is 76.3 Å². The van der Waals surface area contributed by atoms with Crippen molar-refractivity contribution in [1.29, 1.82) is 0 Å². The Bertz CT molecular complexity index is 328. The highest BCUT2D eigenvalue weighted by molar-refractivity contribution is 5.66. The predicted molar refractivity (Wildman–Crippen MR) is 77.5 cm³/mol. The van der Waals surface area contributed by atoms with Crippen LogP contribution in [0.1, 0.15) is 19.3 Å². The van der Waals surface area contributed by atoms with Gasteiger partial charge in [0.15, 0.2) is 6.29 Å². The first-order chi connectivity index (χ1) is 10.5. The summed E-state index contributed by atoms with van der Waals surface area (Å²) in [5.74, 6) is -0.812. The average molecular weight is 321 g/mol. The number of rotatable bonds is 10. The predicted octanol–water partition coefficient (Wildman–Crippen LogP) is -0.0135. The van der Waals surface area contributed by atoms with Crippen LogP contribution in [0.5, 0.6) is 0 Å². The van der Waals surface area contributed by atoms with Gasteiger partial charge in [-0.05, 0) is 12.8 Å². The van der Waals surface area contributed by atoms with Crippen LogP contribution < -0.4 is 5.73 Å². The summed E-state index contributed by atoms with van der Waals surface area (Å²) in [6.07, 6.45) is -0.397. The van der Waals surface area contributed by atoms with Gasteiger partial charge in [0.25, 0.3) is 0 Å². The van der Waals surface area contributed by atoms with Crippen LogP contribution in [0.15, 0.2) is 0 Å². The summed E-state index contributed by atoms with van der Waals surface area (Å²) in [5.41, 5.74) is 6.13. The number of aliphatic carboxylic acids is 1. The number of ether oxygens (including phenoxy) is 5. The van der Waals surface area contributed by atoms with Gasteiger partial charge in [0.2, 0.25) is 0 Å². The monoisotopic (exact) mass is 321 g/mol. The van der Waals surface area contributed by atoms with E-state index in [0.29, 0.717) is 26.1 Å². The number of nitrogens with two attached hydrogens (primary N) is 1. The summed E-state index contributed by atoms with van der Waals surface area (Å²) >= 11 is 0. The van der Waals surface area contributed by atoms with Crippen molar-refractivity contribution < 1.29 is 33.6 Å². The minimum atomic E-state index is -0.812. The summed E-state index contributed by atoms with van der Waals surface area (Å²) in [4.78, 5) is 10.5. The van der Waals surface area contributed by atoms with E-state index in [2.05, 4.69) is 0 Å². The molecule has 0 bridgehead atoms. The first-order valence-electron chi connectivity index (χ1n) is 7.34. The van der Waals surface area contributed by atoms with E-state index >= 15 is 0 Å². The molecule has 1 fully saturated rings. The lowest BCUT2D eigenvalue weighted by Crippen LogP contribution is -2.63. The SMILES string of the molecule is COCC1OC(OCCCCC(=O)O)C(N)C(OC)C1OC. The number of unbranched alkanes of at least 4 members (excludes halogenated alkanes) is 1. The van der Waals surface area contributed by atoms with Gasteiger partial charge in [-0.3, -0.25) is 4.79 Å². The Kier molecular flexibility index (Phi) is 8.84. The summed E-state index contributed by atoms with van der Waals surface area (Å²) in [5, 5.41) is 8.59. The van der Waals surface area contributed by atoms with Crippen LogP contribution in [-0.2, 0) is 28.5 Å². The number of hydrogen-bond acceptors (Lipinski definition) is 7. The Morgan fingerprint density at radius 1 is 1.18 bits per heavy atom. The molecule has 1 rings (SSSR count). The molecule has 1 aliphatic rings. The van der Waals surface area contributed by atoms with Crippen LogP contribution in [0.3, 0.4) is 0 Å². The third kappa shape index (κ3) is 5.45. The molecule has 0 spiro atoms. The van der Waals surface area contributed by atoms with E-state index in [0.717, 1.165) is 0 Å². The number of carbonyl (C=O) groups is 1. The average Bonchev–Trinajstić information content (AvgIpc) is 2.48. The van der Waals surface area contributed by atoms with Crippen molar-refractivity contribution in [2.45, 2.75) is 49.9 Å². The number of carboxylic acid groups (broad SMARTS) is 1. The second kappa shape index (κ2) is 10.1. The van der Waals surface area contributed by atoms with Gasteiger partial charge in [0.1, 0.15) is 18.3 Å². The first kappa shape index (κ1) is 19.3. The fourth-order valence-corrected chi connectivity index (χ4v) is 2.53. The topological polar surface area (TPSA) is 109 Å². The molecular weight excluding hydrogens is 294 g/mol. The van der Waals surface area contributed by atoms with Gasteiger partial charge in [-0.15, -0.1) is 0 Å². The number of carboxylic acids is 1. The standard InChI is InChI=1S/C14H27NO7/c1-18-8-9-12(19-2)13(20-3)11(15)14(22-9)21-7-5-4-6-10(16)17/h9,11-14H,4-8,15H2,1-3H3,(H,16,17). The minimum Gasteiger partial charge on any atom is -0.481 e. The maximum Gasteiger partial charge on any atom is 0.303 e. The quantitative estimate of drug-likeness (QED) is 0.541. The summed E-state index contributed by atoms with van der Waals surface area (Å²) < 4.78 is 27.4. The van der Waals surface area contributed by atoms with Crippen molar-refractivity contribution >= 4 is 5.97 Å². The summed E-state index contributed by atoms with van der Waals surface area (Å²) in [7, 11) is 4.71. The molecule has 0 aromatic carbocycles. The molecule has 0 saturated carbocycles. The normalized spacial score (nSPS) is 32.1. The van der Waals surface area contributed by atoms with Gasteiger partial charge in [-0.1, -0.05) is 0 Å². The highest BCUT2D eigenvalue weighted by Gasteiger charge is 2.45. The molecule has 0 radical (unpaired) electrons. The Morgan fingerprint density at radius 2 is 1.86 bits per heavy atom. The Labute approximate surface area is 130 Å². The van der Waals surface area contributed by atoms with Crippen LogP contribution in [0.4, 0.5) is 0 Å². The number of hydrogen-bond donors (Lipinski definition) is 2. The van der Waals surface area contributed by atoms with Crippen molar-refractivity contribution in [1.82, 2.24) is 0 Å². The molecule has 0 aliphatic carbocycles. The van der Waals surface area contributed by atoms with Crippen molar-refractivity contribution in [3.05, 3.63) is 0 Å². The van der Waals surface area contributed by atoms with Gasteiger partial charge in [-0.25, -0.2) is 0 Å². The van der Waals surface area contributed by atoms with E-state index in [-0.39, 0.29) is 24.7 Å². The molecule has 130 valence electrons. The molecule has 22 heavy (non-hydrogen) atoms. The van der Waals surface area contributed by atoms with Crippen LogP contribution >= 0.6 is 0 Å². The third-order valence-electron chi connectivity index (χ3n) is 3.64. The molecule has 3 N–H and O–H groups in total. The third-order valence-corrected chi connectivity index (χ3v) is 3.64. The fraction of sp³-hybridized carbons (Fsp3) is 0.929. The minimum absolute atomic E-state index is 0.125. The highest BCUT2D eigenvalue weighted by Crippen LogP contribution is 2.25. The zero-order chi connectivity index (χ0) is 16.5. The zero-order valence-electron chi connectivity index (χ0n) is 13.4. The Balaban J connectivity index is 2.52. The molecule has 8 heteroatoms. The second-order valence-electron chi connectivity index (χ2n) is 5.20. The van der Waals surface area contributed by atoms with E-state index in [1.54, 1.807) is 21.3 Å². The van der Waals surface area contributed by atoms with Gasteiger partial charge in [0, 0.05) is 34.4 Å². The van der Waals surface area contributed by atoms with Crippen LogP contribution in [0, 0.1) is 0 Å². The van der Waals surface area contributed by atoms with Gasteiger partial charge in [0.05, 0.1) is 12.6 Å². The smallest absolute Gasteiger partial charge is 0.303 e. The van der Waals surface area contributed by atoms with Gasteiger partial charge < -0.3 is 34.5 Å². The fourth-order valence-electron chi connectivity index (χ4n) is 2.53. The van der Waals surface area contributed by atoms with Crippen molar-refractivity contribution in [2.24, 2.45) is 5.73 Å². The van der Waals surface area contributed by atoms with E-state index in [1.165, 1.54) is 0 Å².